The number of nitrogens with zero attached hydrogens (tertiary/aromatic N) is 2. The molecule has 0 amide bonds. The van der Waals surface area contributed by atoms with Crippen LogP contribution in [0.4, 0.5) is 13.2 Å². The van der Waals surface area contributed by atoms with Crippen LogP contribution in [0.25, 0.3) is 11.1 Å². The molecule has 10 heteroatoms. The molecule has 1 aliphatic rings. The number of carbonyl (C=O) groups is 1. The van der Waals surface area contributed by atoms with E-state index in [0.29, 0.717) is 5.56 Å². The van der Waals surface area contributed by atoms with Gasteiger partial charge in [-0.05, 0) is 66.3 Å². The lowest BCUT2D eigenvalue weighted by molar-refractivity contribution is -0.147. The van der Waals surface area contributed by atoms with E-state index in [2.05, 4.69) is 4.98 Å². The van der Waals surface area contributed by atoms with Crippen LogP contribution in [0.15, 0.2) is 71.9 Å². The van der Waals surface area contributed by atoms with Crippen molar-refractivity contribution in [3.05, 3.63) is 83.7 Å². The van der Waals surface area contributed by atoms with Crippen LogP contribution >= 0.6 is 0 Å². The first-order chi connectivity index (χ1) is 17.0. The van der Waals surface area contributed by atoms with Crippen molar-refractivity contribution in [2.75, 3.05) is 13.7 Å². The van der Waals surface area contributed by atoms with Crippen molar-refractivity contribution in [2.45, 2.75) is 36.9 Å². The normalized spacial score (nSPS) is 19.1. The number of alkyl halides is 3. The number of piperidine rings is 1. The highest BCUT2D eigenvalue weighted by molar-refractivity contribution is 7.89. The lowest BCUT2D eigenvalue weighted by Gasteiger charge is -2.38. The Morgan fingerprint density at radius 3 is 2.56 bits per heavy atom. The van der Waals surface area contributed by atoms with E-state index < -0.39 is 44.6 Å². The van der Waals surface area contributed by atoms with Crippen LogP contribution in [0.2, 0.25) is 0 Å². The van der Waals surface area contributed by atoms with Crippen LogP contribution in [0.1, 0.15) is 35.6 Å². The molecule has 1 fully saturated rings. The molecule has 0 bridgehead atoms. The fraction of sp³-hybridized carbons (Fsp3) is 0.308. The number of pyridine rings is 1. The van der Waals surface area contributed by atoms with E-state index in [4.69, 9.17) is 4.74 Å². The zero-order valence-corrected chi connectivity index (χ0v) is 20.5. The molecule has 2 aromatic carbocycles. The van der Waals surface area contributed by atoms with E-state index in [0.717, 1.165) is 39.2 Å². The Hall–Kier alpha value is -3.24. The molecule has 2 heterocycles. The second-order valence-corrected chi connectivity index (χ2v) is 10.5. The zero-order valence-electron chi connectivity index (χ0n) is 19.7. The molecule has 1 aromatic heterocycles. The average Bonchev–Trinajstić information content (AvgIpc) is 2.87. The van der Waals surface area contributed by atoms with Crippen LogP contribution in [-0.2, 0) is 25.7 Å². The number of rotatable bonds is 5. The van der Waals surface area contributed by atoms with Gasteiger partial charge in [0.2, 0.25) is 10.0 Å². The van der Waals surface area contributed by atoms with Crippen LogP contribution in [0.3, 0.4) is 0 Å². The third kappa shape index (κ3) is 5.01. The molecular weight excluding hydrogens is 493 g/mol. The van der Waals surface area contributed by atoms with Crippen LogP contribution < -0.4 is 0 Å². The van der Waals surface area contributed by atoms with E-state index in [1.165, 1.54) is 13.2 Å². The summed E-state index contributed by atoms with van der Waals surface area (Å²) in [6.45, 7) is 1.77. The number of esters is 1. The largest absolute Gasteiger partial charge is 0.469 e. The van der Waals surface area contributed by atoms with Gasteiger partial charge in [-0.25, -0.2) is 8.42 Å². The molecule has 3 aromatic rings. The Bertz CT molecular complexity index is 1380. The monoisotopic (exact) mass is 518 g/mol. The average molecular weight is 519 g/mol. The van der Waals surface area contributed by atoms with Gasteiger partial charge in [-0.3, -0.25) is 9.78 Å². The molecule has 1 unspecified atom stereocenters. The number of carbonyl (C=O) groups excluding carboxylic acids is 1. The van der Waals surface area contributed by atoms with Gasteiger partial charge in [-0.15, -0.1) is 0 Å². The summed E-state index contributed by atoms with van der Waals surface area (Å²) >= 11 is 0. The van der Waals surface area contributed by atoms with Gasteiger partial charge in [0.25, 0.3) is 0 Å². The maximum Gasteiger partial charge on any atom is 0.417 e. The maximum absolute atomic E-state index is 13.7. The lowest BCUT2D eigenvalue weighted by atomic mass is 9.87. The van der Waals surface area contributed by atoms with Crippen molar-refractivity contribution >= 4 is 16.0 Å². The summed E-state index contributed by atoms with van der Waals surface area (Å²) in [6.07, 6.45) is -1.27. The quantitative estimate of drug-likeness (QED) is 0.424. The van der Waals surface area contributed by atoms with E-state index >= 15 is 0 Å². The molecule has 1 aliphatic heterocycles. The van der Waals surface area contributed by atoms with Gasteiger partial charge in [0, 0.05) is 18.9 Å². The minimum Gasteiger partial charge on any atom is -0.469 e. The number of methoxy groups -OCH3 is 1. The summed E-state index contributed by atoms with van der Waals surface area (Å²) in [5.74, 6) is -1.07. The number of ether oxygens (including phenoxy) is 1. The predicted molar refractivity (Wildman–Crippen MR) is 127 cm³/mol. The molecule has 4 rings (SSSR count). The van der Waals surface area contributed by atoms with Gasteiger partial charge in [-0.2, -0.15) is 17.5 Å². The highest BCUT2D eigenvalue weighted by Crippen LogP contribution is 2.42. The van der Waals surface area contributed by atoms with Gasteiger partial charge < -0.3 is 4.74 Å². The Morgan fingerprint density at radius 2 is 1.86 bits per heavy atom. The Morgan fingerprint density at radius 1 is 1.11 bits per heavy atom. The van der Waals surface area contributed by atoms with Crippen molar-refractivity contribution < 1.29 is 31.1 Å². The molecular formula is C26H25F3N2O4S. The van der Waals surface area contributed by atoms with Gasteiger partial charge in [0.15, 0.2) is 0 Å². The zero-order chi connectivity index (χ0) is 26.1. The first-order valence-corrected chi connectivity index (χ1v) is 12.7. The predicted octanol–water partition coefficient (Wildman–Crippen LogP) is 5.39. The number of hydrogen-bond acceptors (Lipinski definition) is 5. The topological polar surface area (TPSA) is 76.6 Å². The van der Waals surface area contributed by atoms with Gasteiger partial charge >= 0.3 is 12.1 Å². The SMILES string of the molecule is COC(=O)C1CCN(S(=O)(=O)c2ccccc2C(F)(F)F)[C@H](c2cccc(-c3ccncc3C)c2)C1. The molecule has 1 saturated heterocycles. The number of hydrogen-bond donors (Lipinski definition) is 0. The number of aromatic nitrogens is 1. The van der Waals surface area contributed by atoms with Gasteiger partial charge in [-0.1, -0.05) is 30.3 Å². The fourth-order valence-electron chi connectivity index (χ4n) is 4.68. The summed E-state index contributed by atoms with van der Waals surface area (Å²) in [4.78, 5) is 15.6. The summed E-state index contributed by atoms with van der Waals surface area (Å²) in [5.41, 5.74) is 1.96. The smallest absolute Gasteiger partial charge is 0.417 e. The van der Waals surface area contributed by atoms with Crippen LogP contribution in [-0.4, -0.2) is 37.3 Å². The third-order valence-electron chi connectivity index (χ3n) is 6.47. The standard InChI is InChI=1S/C26H25F3N2O4S/c1-17-16-30-12-10-21(17)18-6-5-7-19(14-18)23-15-20(25(32)35-2)11-13-31(23)36(33,34)24-9-4-3-8-22(24)26(27,28)29/h3-10,12,14,16,20,23H,11,13,15H2,1-2H3/t20?,23-/m0/s1. The minimum atomic E-state index is -4.84. The highest BCUT2D eigenvalue weighted by Gasteiger charge is 2.44. The Labute approximate surface area is 207 Å². The van der Waals surface area contributed by atoms with Gasteiger partial charge in [0.1, 0.15) is 0 Å². The lowest BCUT2D eigenvalue weighted by Crippen LogP contribution is -2.43. The minimum absolute atomic E-state index is 0.0822. The molecule has 0 spiro atoms. The fourth-order valence-corrected chi connectivity index (χ4v) is 6.53. The van der Waals surface area contributed by atoms with Crippen molar-refractivity contribution in [2.24, 2.45) is 5.92 Å². The van der Waals surface area contributed by atoms with Crippen molar-refractivity contribution in [3.63, 3.8) is 0 Å². The van der Waals surface area contributed by atoms with Crippen LogP contribution in [0.5, 0.6) is 0 Å². The van der Waals surface area contributed by atoms with E-state index in [9.17, 15) is 26.4 Å². The Kier molecular flexibility index (Phi) is 7.19. The third-order valence-corrected chi connectivity index (χ3v) is 8.44. The second kappa shape index (κ2) is 10.0. The molecule has 2 atom stereocenters. The van der Waals surface area contributed by atoms with E-state index in [1.54, 1.807) is 24.5 Å². The van der Waals surface area contributed by atoms with Crippen molar-refractivity contribution in [1.29, 1.82) is 0 Å². The Balaban J connectivity index is 1.82. The van der Waals surface area contributed by atoms with Gasteiger partial charge in [0.05, 0.1) is 29.5 Å². The molecule has 0 N–H and O–H groups in total. The first-order valence-electron chi connectivity index (χ1n) is 11.3. The second-order valence-electron chi connectivity index (χ2n) is 8.69. The summed E-state index contributed by atoms with van der Waals surface area (Å²) in [5, 5.41) is 0. The molecule has 0 radical (unpaired) electrons. The molecule has 0 aliphatic carbocycles. The van der Waals surface area contributed by atoms with E-state index in [1.807, 2.05) is 25.1 Å². The first kappa shape index (κ1) is 25.8. The van der Waals surface area contributed by atoms with E-state index in [-0.39, 0.29) is 19.4 Å². The van der Waals surface area contributed by atoms with Crippen LogP contribution in [0, 0.1) is 12.8 Å². The van der Waals surface area contributed by atoms with Crippen molar-refractivity contribution in [3.8, 4) is 11.1 Å². The molecule has 36 heavy (non-hydrogen) atoms. The number of aryl methyl sites for hydroxylation is 1. The maximum atomic E-state index is 13.7. The molecule has 6 nitrogen and oxygen atoms in total. The number of halogens is 3. The summed E-state index contributed by atoms with van der Waals surface area (Å²) in [7, 11) is -3.31. The summed E-state index contributed by atoms with van der Waals surface area (Å²) < 4.78 is 74.5. The number of sulfonamides is 1. The van der Waals surface area contributed by atoms with Crippen molar-refractivity contribution in [1.82, 2.24) is 9.29 Å². The number of benzene rings is 2. The summed E-state index contributed by atoms with van der Waals surface area (Å²) in [6, 6.07) is 12.3. The molecule has 0 saturated carbocycles. The highest BCUT2D eigenvalue weighted by atomic mass is 32.2. The molecule has 190 valence electrons.